The molecule has 2 aliphatic rings. The Morgan fingerprint density at radius 3 is 2.83 bits per heavy atom. The van der Waals surface area contributed by atoms with Crippen molar-refractivity contribution < 1.29 is 9.53 Å². The number of allylic oxidation sites excluding steroid dienone is 2. The lowest BCUT2D eigenvalue weighted by atomic mass is 9.84. The van der Waals surface area contributed by atoms with Gasteiger partial charge in [0.2, 0.25) is 0 Å². The summed E-state index contributed by atoms with van der Waals surface area (Å²) < 4.78 is 5.44. The Morgan fingerprint density at radius 1 is 1.28 bits per heavy atom. The van der Waals surface area contributed by atoms with Gasteiger partial charge in [-0.3, -0.25) is 0 Å². The van der Waals surface area contributed by atoms with E-state index in [9.17, 15) is 4.79 Å². The van der Waals surface area contributed by atoms with E-state index in [4.69, 9.17) is 4.74 Å². The van der Waals surface area contributed by atoms with E-state index in [1.54, 1.807) is 0 Å². The maximum atomic E-state index is 12.0. The first kappa shape index (κ1) is 11.3. The second-order valence-electron chi connectivity index (χ2n) is 4.89. The van der Waals surface area contributed by atoms with Crippen LogP contribution >= 0.6 is 0 Å². The molecule has 92 valence electrons. The quantitative estimate of drug-likeness (QED) is 0.427. The van der Waals surface area contributed by atoms with Crippen LogP contribution in [-0.2, 0) is 9.53 Å². The summed E-state index contributed by atoms with van der Waals surface area (Å²) >= 11 is 0. The van der Waals surface area contributed by atoms with Gasteiger partial charge in [-0.15, -0.1) is 0 Å². The third-order valence-corrected chi connectivity index (χ3v) is 3.81. The van der Waals surface area contributed by atoms with Gasteiger partial charge in [0.05, 0.1) is 0 Å². The van der Waals surface area contributed by atoms with Crippen LogP contribution in [0.2, 0.25) is 0 Å². The largest absolute Gasteiger partial charge is 0.454 e. The smallest absolute Gasteiger partial charge is 0.335 e. The Morgan fingerprint density at radius 2 is 2.06 bits per heavy atom. The maximum Gasteiger partial charge on any atom is 0.335 e. The Hall–Kier alpha value is -1.83. The van der Waals surface area contributed by atoms with E-state index >= 15 is 0 Å². The minimum absolute atomic E-state index is 0.0417. The fourth-order valence-electron chi connectivity index (χ4n) is 2.85. The molecule has 0 bridgehead atoms. The molecule has 0 saturated carbocycles. The van der Waals surface area contributed by atoms with Gasteiger partial charge in [-0.2, -0.15) is 0 Å². The number of benzene rings is 1. The van der Waals surface area contributed by atoms with Crippen molar-refractivity contribution in [2.24, 2.45) is 5.92 Å². The second kappa shape index (κ2) is 4.45. The van der Waals surface area contributed by atoms with Crippen LogP contribution in [-0.4, -0.2) is 12.1 Å². The van der Waals surface area contributed by atoms with Crippen molar-refractivity contribution >= 4 is 11.5 Å². The third-order valence-electron chi connectivity index (χ3n) is 3.81. The molecule has 3 rings (SSSR count). The highest BCUT2D eigenvalue weighted by molar-refractivity contribution is 6.00. The van der Waals surface area contributed by atoms with Crippen LogP contribution in [0.15, 0.2) is 48.1 Å². The fourth-order valence-corrected chi connectivity index (χ4v) is 2.85. The SMILES string of the molecule is C/C(=C1\C(=O)O[C@@H]2C=CCC[C@H]12)c1ccccc1. The number of rotatable bonds is 1. The standard InChI is InChI=1S/C16H16O2/c1-11(12-7-3-2-4-8-12)15-13-9-5-6-10-14(13)18-16(15)17/h2-4,6-8,10,13-14H,5,9H2,1H3/b15-11+/t13-,14+/m0/s1. The topological polar surface area (TPSA) is 26.3 Å². The molecule has 1 fully saturated rings. The van der Waals surface area contributed by atoms with Crippen molar-refractivity contribution in [3.8, 4) is 0 Å². The van der Waals surface area contributed by atoms with Crippen LogP contribution in [0.4, 0.5) is 0 Å². The minimum Gasteiger partial charge on any atom is -0.454 e. The molecule has 1 aromatic carbocycles. The van der Waals surface area contributed by atoms with E-state index in [1.807, 2.05) is 43.3 Å². The number of hydrogen-bond donors (Lipinski definition) is 0. The fraction of sp³-hybridized carbons (Fsp3) is 0.312. The number of carbonyl (C=O) groups is 1. The molecule has 1 saturated heterocycles. The summed E-state index contributed by atoms with van der Waals surface area (Å²) in [5, 5.41) is 0. The van der Waals surface area contributed by atoms with Gasteiger partial charge in [0.25, 0.3) is 0 Å². The molecule has 2 atom stereocenters. The Bertz CT molecular complexity index is 525. The van der Waals surface area contributed by atoms with E-state index in [1.165, 1.54) is 0 Å². The van der Waals surface area contributed by atoms with Crippen molar-refractivity contribution in [3.05, 3.63) is 53.6 Å². The highest BCUT2D eigenvalue weighted by Gasteiger charge is 2.40. The second-order valence-corrected chi connectivity index (χ2v) is 4.89. The van der Waals surface area contributed by atoms with E-state index in [0.29, 0.717) is 0 Å². The molecule has 0 N–H and O–H groups in total. The predicted molar refractivity (Wildman–Crippen MR) is 70.8 cm³/mol. The highest BCUT2D eigenvalue weighted by Crippen LogP contribution is 2.39. The summed E-state index contributed by atoms with van der Waals surface area (Å²) in [7, 11) is 0. The molecule has 2 nitrogen and oxygen atoms in total. The van der Waals surface area contributed by atoms with Crippen LogP contribution in [0, 0.1) is 5.92 Å². The highest BCUT2D eigenvalue weighted by atomic mass is 16.5. The van der Waals surface area contributed by atoms with Crippen molar-refractivity contribution in [1.29, 1.82) is 0 Å². The van der Waals surface area contributed by atoms with Gasteiger partial charge in [-0.25, -0.2) is 4.79 Å². The normalized spacial score (nSPS) is 28.8. The lowest BCUT2D eigenvalue weighted by molar-refractivity contribution is -0.137. The molecule has 1 aromatic rings. The summed E-state index contributed by atoms with van der Waals surface area (Å²) in [4.78, 5) is 12.0. The van der Waals surface area contributed by atoms with Crippen molar-refractivity contribution in [3.63, 3.8) is 0 Å². The summed E-state index contributed by atoms with van der Waals surface area (Å²) in [6.07, 6.45) is 6.13. The maximum absolute atomic E-state index is 12.0. The number of fused-ring (bicyclic) bond motifs is 1. The monoisotopic (exact) mass is 240 g/mol. The van der Waals surface area contributed by atoms with Crippen LogP contribution in [0.3, 0.4) is 0 Å². The van der Waals surface area contributed by atoms with Crippen molar-refractivity contribution in [1.82, 2.24) is 0 Å². The van der Waals surface area contributed by atoms with E-state index < -0.39 is 0 Å². The van der Waals surface area contributed by atoms with Gasteiger partial charge in [0.15, 0.2) is 0 Å². The molecule has 1 aliphatic carbocycles. The first-order valence-corrected chi connectivity index (χ1v) is 6.41. The van der Waals surface area contributed by atoms with Gasteiger partial charge in [0.1, 0.15) is 6.10 Å². The minimum atomic E-state index is -0.141. The van der Waals surface area contributed by atoms with E-state index in [2.05, 4.69) is 6.08 Å². The summed E-state index contributed by atoms with van der Waals surface area (Å²) in [5.41, 5.74) is 3.04. The van der Waals surface area contributed by atoms with Crippen LogP contribution in [0.1, 0.15) is 25.3 Å². The van der Waals surface area contributed by atoms with E-state index in [-0.39, 0.29) is 18.0 Å². The molecule has 18 heavy (non-hydrogen) atoms. The van der Waals surface area contributed by atoms with Crippen LogP contribution < -0.4 is 0 Å². The number of esters is 1. The van der Waals surface area contributed by atoms with Gasteiger partial charge >= 0.3 is 5.97 Å². The summed E-state index contributed by atoms with van der Waals surface area (Å²) in [5.74, 6) is 0.0978. The van der Waals surface area contributed by atoms with Gasteiger partial charge in [-0.1, -0.05) is 36.4 Å². The molecule has 0 radical (unpaired) electrons. The van der Waals surface area contributed by atoms with Crippen LogP contribution in [0.25, 0.3) is 5.57 Å². The van der Waals surface area contributed by atoms with Gasteiger partial charge in [0, 0.05) is 11.5 Å². The Labute approximate surface area is 107 Å². The summed E-state index contributed by atoms with van der Waals surface area (Å²) in [6, 6.07) is 10.1. The molecule has 0 spiro atoms. The Kier molecular flexibility index (Phi) is 2.78. The molecule has 1 heterocycles. The molecule has 1 aliphatic heterocycles. The average Bonchev–Trinajstić information content (AvgIpc) is 2.75. The lowest BCUT2D eigenvalue weighted by Crippen LogP contribution is -2.17. The zero-order valence-electron chi connectivity index (χ0n) is 10.4. The molecule has 0 amide bonds. The van der Waals surface area contributed by atoms with Crippen molar-refractivity contribution in [2.75, 3.05) is 0 Å². The molecule has 0 unspecified atom stereocenters. The first-order chi connectivity index (χ1) is 8.77. The zero-order chi connectivity index (χ0) is 12.5. The molecular weight excluding hydrogens is 224 g/mol. The summed E-state index contributed by atoms with van der Waals surface area (Å²) in [6.45, 7) is 2.02. The molecular formula is C16H16O2. The average molecular weight is 240 g/mol. The number of carbonyl (C=O) groups excluding carboxylic acids is 1. The van der Waals surface area contributed by atoms with Crippen LogP contribution in [0.5, 0.6) is 0 Å². The lowest BCUT2D eigenvalue weighted by Gasteiger charge is -2.18. The van der Waals surface area contributed by atoms with Gasteiger partial charge in [-0.05, 0) is 37.0 Å². The van der Waals surface area contributed by atoms with Gasteiger partial charge < -0.3 is 4.74 Å². The first-order valence-electron chi connectivity index (χ1n) is 6.41. The van der Waals surface area contributed by atoms with Crippen molar-refractivity contribution in [2.45, 2.75) is 25.9 Å². The molecule has 0 aromatic heterocycles. The molecule has 2 heteroatoms. The third kappa shape index (κ3) is 1.78. The predicted octanol–water partition coefficient (Wildman–Crippen LogP) is 3.35. The zero-order valence-corrected chi connectivity index (χ0v) is 10.4. The Balaban J connectivity index is 2.05. The number of ether oxygens (including phenoxy) is 1. The van der Waals surface area contributed by atoms with E-state index in [0.717, 1.165) is 29.6 Å². The number of hydrogen-bond acceptors (Lipinski definition) is 2.